The molecule has 0 aromatic heterocycles. The Balaban J connectivity index is 1.97. The topological polar surface area (TPSA) is 44.4 Å². The lowest BCUT2D eigenvalue weighted by molar-refractivity contribution is -0.121. The van der Waals surface area contributed by atoms with E-state index in [1.165, 1.54) is 18.5 Å². The van der Waals surface area contributed by atoms with Crippen LogP contribution in [0, 0.1) is 0 Å². The van der Waals surface area contributed by atoms with Gasteiger partial charge in [0.05, 0.1) is 0 Å². The van der Waals surface area contributed by atoms with Crippen molar-refractivity contribution in [2.24, 2.45) is 0 Å². The molecule has 2 N–H and O–H groups in total. The molecule has 1 saturated heterocycles. The first-order valence-corrected chi connectivity index (χ1v) is 6.54. The lowest BCUT2D eigenvalue weighted by Crippen LogP contribution is -2.35. The monoisotopic (exact) mass is 247 g/mol. The number of likely N-dealkylation sites (N-methyl/N-ethyl adjacent to an activating group) is 1. The van der Waals surface area contributed by atoms with Gasteiger partial charge in [-0.15, -0.1) is 0 Å². The summed E-state index contributed by atoms with van der Waals surface area (Å²) in [7, 11) is 1.65. The van der Waals surface area contributed by atoms with Crippen LogP contribution in [0.15, 0.2) is 24.3 Å². The average Bonchev–Trinajstić information content (AvgIpc) is 2.92. The highest BCUT2D eigenvalue weighted by Crippen LogP contribution is 2.22. The molecule has 4 nitrogen and oxygen atoms in total. The van der Waals surface area contributed by atoms with Crippen LogP contribution >= 0.6 is 0 Å². The fourth-order valence-electron chi connectivity index (χ4n) is 2.28. The van der Waals surface area contributed by atoms with Crippen LogP contribution < -0.4 is 15.5 Å². The molecule has 1 amide bonds. The van der Waals surface area contributed by atoms with Crippen LogP contribution in [0.25, 0.3) is 0 Å². The molecule has 0 spiro atoms. The second kappa shape index (κ2) is 5.76. The van der Waals surface area contributed by atoms with Crippen LogP contribution in [0.3, 0.4) is 0 Å². The molecule has 1 unspecified atom stereocenters. The smallest absolute Gasteiger partial charge is 0.241 e. The molecule has 1 fully saturated rings. The molecule has 18 heavy (non-hydrogen) atoms. The molecule has 1 aromatic rings. The largest absolute Gasteiger partial charge is 0.374 e. The number of amides is 1. The first-order valence-electron chi connectivity index (χ1n) is 6.54. The van der Waals surface area contributed by atoms with E-state index in [1.54, 1.807) is 7.05 Å². The van der Waals surface area contributed by atoms with E-state index in [1.807, 2.05) is 19.1 Å². The summed E-state index contributed by atoms with van der Waals surface area (Å²) in [5.74, 6) is -0.00128. The van der Waals surface area contributed by atoms with Crippen molar-refractivity contribution in [3.63, 3.8) is 0 Å². The fraction of sp³-hybridized carbons (Fsp3) is 0.500. The minimum atomic E-state index is -0.215. The van der Waals surface area contributed by atoms with Crippen molar-refractivity contribution in [2.75, 3.05) is 30.4 Å². The number of nitrogens with zero attached hydrogens (tertiary/aromatic N) is 1. The highest BCUT2D eigenvalue weighted by atomic mass is 16.2. The summed E-state index contributed by atoms with van der Waals surface area (Å²) in [5, 5.41) is 5.81. The van der Waals surface area contributed by atoms with Crippen LogP contribution in [0.2, 0.25) is 0 Å². The number of benzene rings is 1. The molecule has 1 aliphatic heterocycles. The first kappa shape index (κ1) is 12.7. The van der Waals surface area contributed by atoms with Gasteiger partial charge in [-0.25, -0.2) is 0 Å². The summed E-state index contributed by atoms with van der Waals surface area (Å²) in [4.78, 5) is 13.8. The molecule has 0 bridgehead atoms. The summed E-state index contributed by atoms with van der Waals surface area (Å²) >= 11 is 0. The predicted octanol–water partition coefficient (Wildman–Crippen LogP) is 1.83. The molecule has 0 radical (unpaired) electrons. The fourth-order valence-corrected chi connectivity index (χ4v) is 2.28. The Hall–Kier alpha value is -1.71. The van der Waals surface area contributed by atoms with Gasteiger partial charge < -0.3 is 15.5 Å². The molecule has 1 heterocycles. The highest BCUT2D eigenvalue weighted by molar-refractivity contribution is 5.83. The highest BCUT2D eigenvalue weighted by Gasteiger charge is 2.13. The number of rotatable bonds is 4. The molecule has 1 aromatic carbocycles. The Bertz CT molecular complexity index is 396. The van der Waals surface area contributed by atoms with Crippen molar-refractivity contribution in [2.45, 2.75) is 25.8 Å². The third kappa shape index (κ3) is 2.94. The number of anilines is 2. The van der Waals surface area contributed by atoms with Gasteiger partial charge in [0, 0.05) is 31.5 Å². The van der Waals surface area contributed by atoms with E-state index in [-0.39, 0.29) is 11.9 Å². The maximum absolute atomic E-state index is 11.4. The number of hydrogen-bond acceptors (Lipinski definition) is 3. The van der Waals surface area contributed by atoms with Crippen molar-refractivity contribution in [1.29, 1.82) is 0 Å². The predicted molar refractivity (Wildman–Crippen MR) is 75.0 cm³/mol. The summed E-state index contributed by atoms with van der Waals surface area (Å²) in [6.07, 6.45) is 2.57. The summed E-state index contributed by atoms with van der Waals surface area (Å²) in [6, 6.07) is 8.09. The van der Waals surface area contributed by atoms with Crippen LogP contribution in [-0.2, 0) is 4.79 Å². The third-order valence-electron chi connectivity index (χ3n) is 3.36. The molecular weight excluding hydrogens is 226 g/mol. The Morgan fingerprint density at radius 1 is 1.22 bits per heavy atom. The second-order valence-corrected chi connectivity index (χ2v) is 4.72. The molecule has 1 aliphatic rings. The van der Waals surface area contributed by atoms with Gasteiger partial charge >= 0.3 is 0 Å². The number of hydrogen-bond donors (Lipinski definition) is 2. The lowest BCUT2D eigenvalue weighted by atomic mass is 10.2. The Morgan fingerprint density at radius 2 is 1.83 bits per heavy atom. The van der Waals surface area contributed by atoms with Gasteiger partial charge in [-0.2, -0.15) is 0 Å². The number of carbonyl (C=O) groups excluding carboxylic acids is 1. The Kier molecular flexibility index (Phi) is 4.07. The van der Waals surface area contributed by atoms with E-state index in [4.69, 9.17) is 0 Å². The Labute approximate surface area is 108 Å². The van der Waals surface area contributed by atoms with E-state index in [9.17, 15) is 4.79 Å². The van der Waals surface area contributed by atoms with Crippen molar-refractivity contribution in [3.05, 3.63) is 24.3 Å². The van der Waals surface area contributed by atoms with Crippen LogP contribution in [0.5, 0.6) is 0 Å². The van der Waals surface area contributed by atoms with E-state index in [0.29, 0.717) is 0 Å². The normalized spacial score (nSPS) is 16.4. The quantitative estimate of drug-likeness (QED) is 0.853. The minimum Gasteiger partial charge on any atom is -0.374 e. The number of carbonyl (C=O) groups is 1. The minimum absolute atomic E-state index is 0.00128. The molecule has 2 rings (SSSR count). The maximum atomic E-state index is 11.4. The van der Waals surface area contributed by atoms with Gasteiger partial charge in [0.15, 0.2) is 0 Å². The molecule has 0 aliphatic carbocycles. The van der Waals surface area contributed by atoms with Crippen molar-refractivity contribution in [3.8, 4) is 0 Å². The Morgan fingerprint density at radius 3 is 2.39 bits per heavy atom. The van der Waals surface area contributed by atoms with Gasteiger partial charge in [-0.3, -0.25) is 4.79 Å². The van der Waals surface area contributed by atoms with Gasteiger partial charge in [-0.05, 0) is 44.0 Å². The van der Waals surface area contributed by atoms with Crippen molar-refractivity contribution in [1.82, 2.24) is 5.32 Å². The van der Waals surface area contributed by atoms with Crippen LogP contribution in [0.1, 0.15) is 19.8 Å². The van der Waals surface area contributed by atoms with Crippen molar-refractivity contribution < 1.29 is 4.79 Å². The molecule has 1 atom stereocenters. The average molecular weight is 247 g/mol. The zero-order valence-corrected chi connectivity index (χ0v) is 11.1. The standard InChI is InChI=1S/C14H21N3O/c1-11(14(18)15-2)16-12-5-7-13(8-6-12)17-9-3-4-10-17/h5-8,11,16H,3-4,9-10H2,1-2H3,(H,15,18). The lowest BCUT2D eigenvalue weighted by Gasteiger charge is -2.19. The zero-order chi connectivity index (χ0) is 13.0. The first-order chi connectivity index (χ1) is 8.70. The molecule has 98 valence electrons. The maximum Gasteiger partial charge on any atom is 0.241 e. The zero-order valence-electron chi connectivity index (χ0n) is 11.1. The van der Waals surface area contributed by atoms with Gasteiger partial charge in [0.25, 0.3) is 0 Å². The van der Waals surface area contributed by atoms with Crippen LogP contribution in [-0.4, -0.2) is 32.1 Å². The molecule has 4 heteroatoms. The number of nitrogens with one attached hydrogen (secondary N) is 2. The SMILES string of the molecule is CNC(=O)C(C)Nc1ccc(N2CCCC2)cc1. The molecular formula is C14H21N3O. The van der Waals surface area contributed by atoms with Gasteiger partial charge in [0.1, 0.15) is 6.04 Å². The van der Waals surface area contributed by atoms with E-state index < -0.39 is 0 Å². The molecule has 0 saturated carbocycles. The van der Waals surface area contributed by atoms with Crippen molar-refractivity contribution >= 4 is 17.3 Å². The summed E-state index contributed by atoms with van der Waals surface area (Å²) in [6.45, 7) is 4.16. The second-order valence-electron chi connectivity index (χ2n) is 4.72. The third-order valence-corrected chi connectivity index (χ3v) is 3.36. The van der Waals surface area contributed by atoms with Gasteiger partial charge in [-0.1, -0.05) is 0 Å². The summed E-state index contributed by atoms with van der Waals surface area (Å²) in [5.41, 5.74) is 2.25. The van der Waals surface area contributed by atoms with E-state index in [0.717, 1.165) is 18.8 Å². The summed E-state index contributed by atoms with van der Waals surface area (Å²) < 4.78 is 0. The van der Waals surface area contributed by atoms with Crippen LogP contribution in [0.4, 0.5) is 11.4 Å². The van der Waals surface area contributed by atoms with Gasteiger partial charge in [0.2, 0.25) is 5.91 Å². The van der Waals surface area contributed by atoms with E-state index in [2.05, 4.69) is 27.7 Å². The van der Waals surface area contributed by atoms with E-state index >= 15 is 0 Å².